The Balaban J connectivity index is 2.34. The van der Waals surface area contributed by atoms with Gasteiger partial charge >= 0.3 is 0 Å². The van der Waals surface area contributed by atoms with Crippen LogP contribution >= 0.6 is 0 Å². The summed E-state index contributed by atoms with van der Waals surface area (Å²) in [7, 11) is 0. The third-order valence-corrected chi connectivity index (χ3v) is 2.68. The van der Waals surface area contributed by atoms with E-state index >= 15 is 0 Å². The van der Waals surface area contributed by atoms with Gasteiger partial charge in [0.2, 0.25) is 6.04 Å². The molecule has 1 heterocycles. The fourth-order valence-corrected chi connectivity index (χ4v) is 1.88. The highest BCUT2D eigenvalue weighted by Gasteiger charge is 2.29. The second-order valence-electron chi connectivity index (χ2n) is 3.53. The Labute approximate surface area is 86.2 Å². The van der Waals surface area contributed by atoms with Crippen molar-refractivity contribution in [2.24, 2.45) is 5.90 Å². The fourth-order valence-electron chi connectivity index (χ4n) is 1.88. The Morgan fingerprint density at radius 2 is 2.47 bits per heavy atom. The molecule has 15 heavy (non-hydrogen) atoms. The molecule has 0 amide bonds. The number of nitrogens with two attached hydrogens (primary N) is 1. The van der Waals surface area contributed by atoms with E-state index in [1.54, 1.807) is 12.3 Å². The van der Waals surface area contributed by atoms with Crippen LogP contribution in [0.25, 0.3) is 0 Å². The summed E-state index contributed by atoms with van der Waals surface area (Å²) in [6.45, 7) is 0. The van der Waals surface area contributed by atoms with Gasteiger partial charge in [-0.05, 0) is 6.42 Å². The number of fused-ring (bicyclic) bond motifs is 1. The molecule has 1 aliphatic rings. The third-order valence-electron chi connectivity index (χ3n) is 2.68. The summed E-state index contributed by atoms with van der Waals surface area (Å²) >= 11 is 0. The lowest BCUT2D eigenvalue weighted by molar-refractivity contribution is -0.523. The number of rotatable bonds is 2. The largest absolute Gasteiger partial charge is 0.411 e. The van der Waals surface area contributed by atoms with Gasteiger partial charge in [-0.2, -0.15) is 5.90 Å². The van der Waals surface area contributed by atoms with Gasteiger partial charge in [-0.1, -0.05) is 0 Å². The molecule has 2 rings (SSSR count). The lowest BCUT2D eigenvalue weighted by Gasteiger charge is -2.19. The molecule has 80 valence electrons. The van der Waals surface area contributed by atoms with Gasteiger partial charge in [0.15, 0.2) is 5.75 Å². The lowest BCUT2D eigenvalue weighted by Crippen LogP contribution is -2.28. The highest BCUT2D eigenvalue weighted by Crippen LogP contribution is 2.28. The normalized spacial score (nSPS) is 19.4. The minimum atomic E-state index is -0.546. The van der Waals surface area contributed by atoms with Gasteiger partial charge in [0.05, 0.1) is 0 Å². The molecular formula is C9H11N3O3. The Kier molecular flexibility index (Phi) is 2.51. The summed E-state index contributed by atoms with van der Waals surface area (Å²) < 4.78 is 0. The van der Waals surface area contributed by atoms with Gasteiger partial charge in [0, 0.05) is 41.3 Å². The number of aromatic nitrogens is 1. The quantitative estimate of drug-likeness (QED) is 0.564. The van der Waals surface area contributed by atoms with Crippen LogP contribution in [0.2, 0.25) is 0 Å². The molecule has 1 aromatic rings. The van der Waals surface area contributed by atoms with E-state index in [1.807, 2.05) is 0 Å². The number of aryl methyl sites for hydroxylation is 1. The number of hydrogen-bond donors (Lipinski definition) is 1. The van der Waals surface area contributed by atoms with Crippen molar-refractivity contribution in [3.05, 3.63) is 33.6 Å². The van der Waals surface area contributed by atoms with E-state index in [-0.39, 0.29) is 4.92 Å². The average Bonchev–Trinajstić information content (AvgIpc) is 2.27. The smallest absolute Gasteiger partial charge is 0.217 e. The Morgan fingerprint density at radius 1 is 1.67 bits per heavy atom. The van der Waals surface area contributed by atoms with Crippen molar-refractivity contribution in [2.45, 2.75) is 25.3 Å². The first-order valence-corrected chi connectivity index (χ1v) is 4.69. The van der Waals surface area contributed by atoms with Crippen LogP contribution in [0.3, 0.4) is 0 Å². The van der Waals surface area contributed by atoms with Gasteiger partial charge in [0.1, 0.15) is 0 Å². The minimum absolute atomic E-state index is 0.254. The van der Waals surface area contributed by atoms with Crippen LogP contribution in [0.5, 0.6) is 5.75 Å². The Bertz CT molecular complexity index is 380. The maximum absolute atomic E-state index is 10.7. The van der Waals surface area contributed by atoms with Crippen molar-refractivity contribution in [2.75, 3.05) is 0 Å². The topological polar surface area (TPSA) is 91.3 Å². The van der Waals surface area contributed by atoms with Crippen molar-refractivity contribution in [3.8, 4) is 5.75 Å². The zero-order valence-electron chi connectivity index (χ0n) is 8.05. The second kappa shape index (κ2) is 3.82. The number of nitrogens with zero attached hydrogens (tertiary/aromatic N) is 2. The van der Waals surface area contributed by atoms with E-state index in [0.717, 1.165) is 11.3 Å². The zero-order chi connectivity index (χ0) is 10.8. The molecule has 1 aliphatic carbocycles. The predicted molar refractivity (Wildman–Crippen MR) is 51.9 cm³/mol. The average molecular weight is 209 g/mol. The molecule has 0 spiro atoms. The summed E-state index contributed by atoms with van der Waals surface area (Å²) in [6.07, 6.45) is 3.09. The summed E-state index contributed by atoms with van der Waals surface area (Å²) in [4.78, 5) is 19.3. The molecule has 0 saturated carbocycles. The molecule has 0 bridgehead atoms. The van der Waals surface area contributed by atoms with Gasteiger partial charge in [-0.3, -0.25) is 15.1 Å². The molecular weight excluding hydrogens is 198 g/mol. The first-order valence-electron chi connectivity index (χ1n) is 4.69. The minimum Gasteiger partial charge on any atom is -0.411 e. The molecule has 0 aromatic carbocycles. The van der Waals surface area contributed by atoms with Gasteiger partial charge in [-0.15, -0.1) is 0 Å². The van der Waals surface area contributed by atoms with Gasteiger partial charge < -0.3 is 4.84 Å². The van der Waals surface area contributed by atoms with E-state index in [4.69, 9.17) is 5.90 Å². The van der Waals surface area contributed by atoms with Crippen LogP contribution < -0.4 is 10.7 Å². The predicted octanol–water partition coefficient (Wildman–Crippen LogP) is 0.468. The zero-order valence-corrected chi connectivity index (χ0v) is 8.05. The first kappa shape index (κ1) is 9.85. The molecule has 0 radical (unpaired) electrons. The number of hydrogen-bond acceptors (Lipinski definition) is 5. The summed E-state index contributed by atoms with van der Waals surface area (Å²) in [5.74, 6) is 5.59. The number of pyridine rings is 1. The van der Waals surface area contributed by atoms with Gasteiger partial charge in [-0.25, -0.2) is 0 Å². The molecule has 1 atom stereocenters. The van der Waals surface area contributed by atoms with E-state index in [2.05, 4.69) is 9.82 Å². The molecule has 0 saturated heterocycles. The van der Waals surface area contributed by atoms with E-state index in [1.165, 1.54) is 0 Å². The summed E-state index contributed by atoms with van der Waals surface area (Å²) in [5.41, 5.74) is 1.63. The van der Waals surface area contributed by atoms with E-state index < -0.39 is 6.04 Å². The van der Waals surface area contributed by atoms with Crippen LogP contribution in [-0.2, 0) is 12.8 Å². The van der Waals surface area contributed by atoms with Crippen molar-refractivity contribution in [1.82, 2.24) is 4.98 Å². The molecule has 1 aromatic heterocycles. The molecule has 6 heteroatoms. The van der Waals surface area contributed by atoms with E-state index in [9.17, 15) is 10.1 Å². The fraction of sp³-hybridized carbons (Fsp3) is 0.444. The highest BCUT2D eigenvalue weighted by molar-refractivity contribution is 5.37. The van der Waals surface area contributed by atoms with Crippen LogP contribution in [0.15, 0.2) is 12.3 Å². The molecule has 0 fully saturated rings. The van der Waals surface area contributed by atoms with Crippen molar-refractivity contribution in [1.29, 1.82) is 0 Å². The second-order valence-corrected chi connectivity index (χ2v) is 3.53. The Hall–Kier alpha value is -1.69. The van der Waals surface area contributed by atoms with Crippen molar-refractivity contribution < 1.29 is 9.76 Å². The monoisotopic (exact) mass is 209 g/mol. The maximum Gasteiger partial charge on any atom is 0.217 e. The Morgan fingerprint density at radius 3 is 3.13 bits per heavy atom. The SMILES string of the molecule is NOc1ccnc2c1CC([N+](=O)[O-])CC2. The third kappa shape index (κ3) is 1.75. The summed E-state index contributed by atoms with van der Waals surface area (Å²) in [5, 5.41) is 10.7. The lowest BCUT2D eigenvalue weighted by atomic mass is 9.92. The molecule has 2 N–H and O–H groups in total. The van der Waals surface area contributed by atoms with Gasteiger partial charge in [0.25, 0.3) is 0 Å². The van der Waals surface area contributed by atoms with Crippen LogP contribution in [-0.4, -0.2) is 15.9 Å². The van der Waals surface area contributed by atoms with Crippen LogP contribution in [0.1, 0.15) is 17.7 Å². The molecule has 1 unspecified atom stereocenters. The maximum atomic E-state index is 10.7. The standard InChI is InChI=1S/C9H11N3O3/c10-15-9-3-4-11-8-2-1-6(12(13)14)5-7(8)9/h3-4,6H,1-2,5,10H2. The van der Waals surface area contributed by atoms with E-state index in [0.29, 0.717) is 25.0 Å². The summed E-state index contributed by atoms with van der Waals surface area (Å²) in [6, 6.07) is 1.08. The highest BCUT2D eigenvalue weighted by atomic mass is 16.6. The first-order chi connectivity index (χ1) is 7.22. The van der Waals surface area contributed by atoms with Crippen LogP contribution in [0, 0.1) is 10.1 Å². The van der Waals surface area contributed by atoms with Crippen molar-refractivity contribution in [3.63, 3.8) is 0 Å². The van der Waals surface area contributed by atoms with Crippen LogP contribution in [0.4, 0.5) is 0 Å². The van der Waals surface area contributed by atoms with Crippen molar-refractivity contribution >= 4 is 0 Å². The molecule has 0 aliphatic heterocycles. The number of nitro groups is 1. The molecule has 6 nitrogen and oxygen atoms in total.